The molecule has 0 aliphatic carbocycles. The van der Waals surface area contributed by atoms with E-state index in [0.29, 0.717) is 5.75 Å². The second kappa shape index (κ2) is 3.87. The van der Waals surface area contributed by atoms with E-state index in [1.807, 2.05) is 0 Å². The van der Waals surface area contributed by atoms with Crippen LogP contribution in [0.2, 0.25) is 0 Å². The minimum Gasteiger partial charge on any atom is -0.497 e. The van der Waals surface area contributed by atoms with E-state index in [0.717, 1.165) is 0 Å². The van der Waals surface area contributed by atoms with Gasteiger partial charge >= 0.3 is 0 Å². The molecule has 1 aromatic heterocycles. The maximum Gasteiger partial charge on any atom is 0.271 e. The molecular weight excluding hydrogens is 192 g/mol. The lowest BCUT2D eigenvalue weighted by atomic mass is 10.3. The van der Waals surface area contributed by atoms with Crippen molar-refractivity contribution >= 4 is 16.8 Å². The average Bonchev–Trinajstić information content (AvgIpc) is 2.16. The number of halogens is 1. The van der Waals surface area contributed by atoms with Crippen LogP contribution in [0, 0.1) is 11.3 Å². The zero-order chi connectivity index (χ0) is 9.84. The quantitative estimate of drug-likeness (QED) is 0.670. The van der Waals surface area contributed by atoms with E-state index >= 15 is 0 Å². The summed E-state index contributed by atoms with van der Waals surface area (Å²) in [5.74, 6) is 0.385. The van der Waals surface area contributed by atoms with Crippen LogP contribution in [0.15, 0.2) is 12.1 Å². The smallest absolute Gasteiger partial charge is 0.271 e. The summed E-state index contributed by atoms with van der Waals surface area (Å²) in [4.78, 5) is 14.4. The standard InChI is InChI=1S/C8H5ClN2O2/c1-13-6-2-5(4-10)11-7(3-6)8(9)12/h2-3H,1H3. The summed E-state index contributed by atoms with van der Waals surface area (Å²) in [7, 11) is 1.43. The first-order valence-electron chi connectivity index (χ1n) is 3.33. The van der Waals surface area contributed by atoms with Gasteiger partial charge < -0.3 is 4.74 Å². The lowest BCUT2D eigenvalue weighted by molar-refractivity contribution is 0.107. The number of nitriles is 1. The Kier molecular flexibility index (Phi) is 2.83. The maximum atomic E-state index is 10.7. The van der Waals surface area contributed by atoms with Crippen molar-refractivity contribution in [2.45, 2.75) is 0 Å². The molecule has 1 rings (SSSR count). The summed E-state index contributed by atoms with van der Waals surface area (Å²) in [6.07, 6.45) is 0. The molecule has 0 unspecified atom stereocenters. The second-order valence-electron chi connectivity index (χ2n) is 2.16. The first kappa shape index (κ1) is 9.49. The SMILES string of the molecule is COc1cc(C#N)nc(C(=O)Cl)c1. The van der Waals surface area contributed by atoms with Crippen molar-refractivity contribution < 1.29 is 9.53 Å². The minimum absolute atomic E-state index is 0.0116. The number of nitrogens with zero attached hydrogens (tertiary/aromatic N) is 2. The Bertz CT molecular complexity index is 384. The molecule has 4 nitrogen and oxygen atoms in total. The van der Waals surface area contributed by atoms with Crippen molar-refractivity contribution in [2.24, 2.45) is 0 Å². The number of carbonyl (C=O) groups is 1. The van der Waals surface area contributed by atoms with Gasteiger partial charge in [-0.1, -0.05) is 0 Å². The lowest BCUT2D eigenvalue weighted by Crippen LogP contribution is -1.97. The van der Waals surface area contributed by atoms with Gasteiger partial charge in [0.1, 0.15) is 23.2 Å². The monoisotopic (exact) mass is 196 g/mol. The van der Waals surface area contributed by atoms with Gasteiger partial charge in [-0.15, -0.1) is 0 Å². The molecule has 0 N–H and O–H groups in total. The van der Waals surface area contributed by atoms with Crippen LogP contribution in [-0.4, -0.2) is 17.3 Å². The Morgan fingerprint density at radius 3 is 2.85 bits per heavy atom. The highest BCUT2D eigenvalue weighted by molar-refractivity contribution is 6.67. The number of aromatic nitrogens is 1. The molecular formula is C8H5ClN2O2. The van der Waals surface area contributed by atoms with Crippen LogP contribution in [0.4, 0.5) is 0 Å². The largest absolute Gasteiger partial charge is 0.497 e. The van der Waals surface area contributed by atoms with Gasteiger partial charge in [0.2, 0.25) is 0 Å². The Morgan fingerprint density at radius 2 is 2.38 bits per heavy atom. The number of hydrogen-bond acceptors (Lipinski definition) is 4. The van der Waals surface area contributed by atoms with Gasteiger partial charge in [0.05, 0.1) is 7.11 Å². The zero-order valence-corrected chi connectivity index (χ0v) is 7.50. The van der Waals surface area contributed by atoms with E-state index in [1.54, 1.807) is 6.07 Å². The third-order valence-corrected chi connectivity index (χ3v) is 1.54. The molecule has 0 bridgehead atoms. The molecule has 0 radical (unpaired) electrons. The molecule has 0 aliphatic heterocycles. The molecule has 0 saturated carbocycles. The predicted molar refractivity (Wildman–Crippen MR) is 45.7 cm³/mol. The van der Waals surface area contributed by atoms with Gasteiger partial charge in [0.25, 0.3) is 5.24 Å². The van der Waals surface area contributed by atoms with E-state index in [1.165, 1.54) is 19.2 Å². The van der Waals surface area contributed by atoms with Crippen molar-refractivity contribution in [1.82, 2.24) is 4.98 Å². The van der Waals surface area contributed by atoms with Crippen LogP contribution < -0.4 is 4.74 Å². The van der Waals surface area contributed by atoms with Gasteiger partial charge in [-0.2, -0.15) is 5.26 Å². The molecule has 0 amide bonds. The zero-order valence-electron chi connectivity index (χ0n) is 6.74. The molecule has 5 heteroatoms. The van der Waals surface area contributed by atoms with E-state index in [2.05, 4.69) is 4.98 Å². The van der Waals surface area contributed by atoms with Crippen LogP contribution in [-0.2, 0) is 0 Å². The van der Waals surface area contributed by atoms with E-state index in [-0.39, 0.29) is 11.4 Å². The Labute approximate surface area is 79.7 Å². The van der Waals surface area contributed by atoms with Crippen LogP contribution in [0.5, 0.6) is 5.75 Å². The number of methoxy groups -OCH3 is 1. The highest BCUT2D eigenvalue weighted by Crippen LogP contribution is 2.14. The van der Waals surface area contributed by atoms with Crippen LogP contribution in [0.3, 0.4) is 0 Å². The van der Waals surface area contributed by atoms with Gasteiger partial charge in [-0.3, -0.25) is 4.79 Å². The fraction of sp³-hybridized carbons (Fsp3) is 0.125. The maximum absolute atomic E-state index is 10.7. The Balaban J connectivity index is 3.24. The van der Waals surface area contributed by atoms with Crippen molar-refractivity contribution in [3.63, 3.8) is 0 Å². The van der Waals surface area contributed by atoms with Crippen molar-refractivity contribution in [1.29, 1.82) is 5.26 Å². The number of rotatable bonds is 2. The first-order chi connectivity index (χ1) is 6.17. The number of hydrogen-bond donors (Lipinski definition) is 0. The van der Waals surface area contributed by atoms with Gasteiger partial charge in [-0.25, -0.2) is 4.98 Å². The molecule has 0 saturated heterocycles. The van der Waals surface area contributed by atoms with E-state index in [4.69, 9.17) is 21.6 Å². The number of pyridine rings is 1. The predicted octanol–water partition coefficient (Wildman–Crippen LogP) is 1.34. The second-order valence-corrected chi connectivity index (χ2v) is 2.51. The summed E-state index contributed by atoms with van der Waals surface area (Å²) in [6, 6.07) is 4.59. The highest BCUT2D eigenvalue weighted by atomic mass is 35.5. The summed E-state index contributed by atoms with van der Waals surface area (Å²) in [6.45, 7) is 0. The fourth-order valence-electron chi connectivity index (χ4n) is 0.781. The number of ether oxygens (including phenoxy) is 1. The van der Waals surface area contributed by atoms with Crippen molar-refractivity contribution in [3.8, 4) is 11.8 Å². The van der Waals surface area contributed by atoms with E-state index < -0.39 is 5.24 Å². The Morgan fingerprint density at radius 1 is 1.69 bits per heavy atom. The molecule has 0 aliphatic rings. The summed E-state index contributed by atoms with van der Waals surface area (Å²) in [5.41, 5.74) is 0.112. The van der Waals surface area contributed by atoms with Gasteiger partial charge in [-0.05, 0) is 11.6 Å². The fourth-order valence-corrected chi connectivity index (χ4v) is 0.878. The first-order valence-corrected chi connectivity index (χ1v) is 3.71. The highest BCUT2D eigenvalue weighted by Gasteiger charge is 2.07. The molecule has 1 heterocycles. The topological polar surface area (TPSA) is 63.0 Å². The van der Waals surface area contributed by atoms with Gasteiger partial charge in [0, 0.05) is 12.1 Å². The molecule has 13 heavy (non-hydrogen) atoms. The molecule has 1 aromatic rings. The minimum atomic E-state index is -0.713. The van der Waals surface area contributed by atoms with Crippen LogP contribution in [0.25, 0.3) is 0 Å². The van der Waals surface area contributed by atoms with E-state index in [9.17, 15) is 4.79 Å². The molecule has 0 spiro atoms. The molecule has 0 aromatic carbocycles. The molecule has 0 atom stereocenters. The third-order valence-electron chi connectivity index (χ3n) is 1.35. The molecule has 0 fully saturated rings. The summed E-state index contributed by atoms with van der Waals surface area (Å²) in [5, 5.41) is 7.83. The van der Waals surface area contributed by atoms with Crippen LogP contribution >= 0.6 is 11.6 Å². The number of carbonyl (C=O) groups excluding carboxylic acids is 1. The average molecular weight is 197 g/mol. The molecule has 66 valence electrons. The summed E-state index contributed by atoms with van der Waals surface area (Å²) < 4.78 is 4.85. The third kappa shape index (κ3) is 2.17. The Hall–Kier alpha value is -1.60. The lowest BCUT2D eigenvalue weighted by Gasteiger charge is -2.00. The van der Waals surface area contributed by atoms with Crippen molar-refractivity contribution in [3.05, 3.63) is 23.5 Å². The normalized spacial score (nSPS) is 9.00. The summed E-state index contributed by atoms with van der Waals surface area (Å²) >= 11 is 5.19. The van der Waals surface area contributed by atoms with Crippen LogP contribution in [0.1, 0.15) is 16.2 Å². The van der Waals surface area contributed by atoms with Gasteiger partial charge in [0.15, 0.2) is 0 Å². The van der Waals surface area contributed by atoms with Crippen molar-refractivity contribution in [2.75, 3.05) is 7.11 Å².